The van der Waals surface area contributed by atoms with Crippen LogP contribution in [0.2, 0.25) is 0 Å². The molecule has 1 unspecified atom stereocenters. The molecule has 24 heavy (non-hydrogen) atoms. The van der Waals surface area contributed by atoms with Crippen molar-refractivity contribution in [3.8, 4) is 0 Å². The third-order valence-corrected chi connectivity index (χ3v) is 4.59. The molecule has 0 spiro atoms. The first-order chi connectivity index (χ1) is 11.2. The number of anilines is 1. The predicted molar refractivity (Wildman–Crippen MR) is 89.9 cm³/mol. The van der Waals surface area contributed by atoms with Crippen molar-refractivity contribution in [1.82, 2.24) is 9.97 Å². The van der Waals surface area contributed by atoms with Crippen LogP contribution in [0.15, 0.2) is 40.1 Å². The molecule has 1 heterocycles. The second-order valence-corrected chi connectivity index (χ2v) is 7.12. The van der Waals surface area contributed by atoms with Crippen molar-refractivity contribution in [2.75, 3.05) is 5.32 Å². The summed E-state index contributed by atoms with van der Waals surface area (Å²) in [5.41, 5.74) is 0.580. The van der Waals surface area contributed by atoms with Gasteiger partial charge in [0.15, 0.2) is 5.16 Å². The van der Waals surface area contributed by atoms with Crippen LogP contribution < -0.4 is 5.32 Å². The maximum Gasteiger partial charge on any atom is 0.433 e. The Kier molecular flexibility index (Phi) is 5.87. The van der Waals surface area contributed by atoms with Gasteiger partial charge in [0.25, 0.3) is 0 Å². The number of halogens is 4. The van der Waals surface area contributed by atoms with Gasteiger partial charge in [-0.25, -0.2) is 9.97 Å². The lowest BCUT2D eigenvalue weighted by Gasteiger charge is -2.13. The van der Waals surface area contributed by atoms with E-state index in [1.54, 1.807) is 13.0 Å². The molecule has 0 aliphatic heterocycles. The molecule has 4 nitrogen and oxygen atoms in total. The van der Waals surface area contributed by atoms with Gasteiger partial charge >= 0.3 is 6.18 Å². The molecular weight excluding hydrogens is 407 g/mol. The first-order valence-corrected chi connectivity index (χ1v) is 8.48. The van der Waals surface area contributed by atoms with E-state index in [1.807, 2.05) is 19.1 Å². The summed E-state index contributed by atoms with van der Waals surface area (Å²) in [5.74, 6) is -0.356. The van der Waals surface area contributed by atoms with Crippen LogP contribution in [0.4, 0.5) is 18.9 Å². The van der Waals surface area contributed by atoms with Gasteiger partial charge in [0.2, 0.25) is 5.91 Å². The van der Waals surface area contributed by atoms with Crippen molar-refractivity contribution in [3.63, 3.8) is 0 Å². The number of aromatic nitrogens is 2. The summed E-state index contributed by atoms with van der Waals surface area (Å²) in [6, 6.07) is 6.23. The lowest BCUT2D eigenvalue weighted by atomic mass is 10.2. The number of hydrogen-bond acceptors (Lipinski definition) is 4. The van der Waals surface area contributed by atoms with Crippen LogP contribution in [0, 0.1) is 6.92 Å². The Morgan fingerprint density at radius 3 is 2.67 bits per heavy atom. The molecule has 0 saturated carbocycles. The molecule has 1 aromatic heterocycles. The third kappa shape index (κ3) is 4.94. The fourth-order valence-corrected chi connectivity index (χ4v) is 3.07. The van der Waals surface area contributed by atoms with E-state index in [0.29, 0.717) is 5.69 Å². The number of benzene rings is 1. The lowest BCUT2D eigenvalue weighted by Crippen LogP contribution is -2.23. The number of carbonyl (C=O) groups excluding carboxylic acids is 1. The van der Waals surface area contributed by atoms with Crippen LogP contribution in [0.5, 0.6) is 0 Å². The number of hydrogen-bond donors (Lipinski definition) is 1. The van der Waals surface area contributed by atoms with Crippen molar-refractivity contribution >= 4 is 39.3 Å². The highest BCUT2D eigenvalue weighted by molar-refractivity contribution is 9.10. The second-order valence-electron chi connectivity index (χ2n) is 4.95. The van der Waals surface area contributed by atoms with Crippen molar-refractivity contribution in [3.05, 3.63) is 46.2 Å². The summed E-state index contributed by atoms with van der Waals surface area (Å²) < 4.78 is 38.7. The molecule has 0 aliphatic rings. The topological polar surface area (TPSA) is 54.9 Å². The van der Waals surface area contributed by atoms with E-state index in [-0.39, 0.29) is 11.1 Å². The number of nitrogens with one attached hydrogen (secondary N) is 1. The summed E-state index contributed by atoms with van der Waals surface area (Å²) in [6.07, 6.45) is -3.52. The molecule has 0 saturated heterocycles. The standard InChI is InChI=1S/C15H13BrF3N3OS/c1-8-3-4-11(10(16)7-8)21-13(23)9(2)24-14-20-6-5-12(22-14)15(17,18)19/h3-7,9H,1-2H3,(H,21,23). The maximum atomic E-state index is 12.6. The van der Waals surface area contributed by atoms with Gasteiger partial charge in [0.05, 0.1) is 10.9 Å². The zero-order valence-electron chi connectivity index (χ0n) is 12.7. The number of alkyl halides is 3. The molecule has 0 bridgehead atoms. The molecule has 1 atom stereocenters. The SMILES string of the molecule is Cc1ccc(NC(=O)C(C)Sc2nccc(C(F)(F)F)n2)c(Br)c1. The average molecular weight is 420 g/mol. The fraction of sp³-hybridized carbons (Fsp3) is 0.267. The zero-order chi connectivity index (χ0) is 17.9. The van der Waals surface area contributed by atoms with Crippen molar-refractivity contribution < 1.29 is 18.0 Å². The minimum Gasteiger partial charge on any atom is -0.324 e. The highest BCUT2D eigenvalue weighted by atomic mass is 79.9. The molecule has 0 aliphatic carbocycles. The zero-order valence-corrected chi connectivity index (χ0v) is 15.1. The summed E-state index contributed by atoms with van der Waals surface area (Å²) in [7, 11) is 0. The number of rotatable bonds is 4. The first kappa shape index (κ1) is 18.7. The van der Waals surface area contributed by atoms with Crippen LogP contribution in [-0.4, -0.2) is 21.1 Å². The molecule has 2 rings (SSSR count). The Morgan fingerprint density at radius 2 is 2.04 bits per heavy atom. The molecule has 0 fully saturated rings. The highest BCUT2D eigenvalue weighted by Crippen LogP contribution is 2.30. The van der Waals surface area contributed by atoms with Crippen LogP contribution in [-0.2, 0) is 11.0 Å². The molecule has 1 aromatic carbocycles. The Bertz CT molecular complexity index is 755. The van der Waals surface area contributed by atoms with Crippen LogP contribution in [0.1, 0.15) is 18.2 Å². The summed E-state index contributed by atoms with van der Waals surface area (Å²) in [5, 5.41) is 1.95. The minimum absolute atomic E-state index is 0.101. The number of nitrogens with zero attached hydrogens (tertiary/aromatic N) is 2. The molecule has 2 aromatic rings. The lowest BCUT2D eigenvalue weighted by molar-refractivity contribution is -0.141. The Balaban J connectivity index is 2.06. The predicted octanol–water partition coefficient (Wildman–Crippen LogP) is 4.69. The largest absolute Gasteiger partial charge is 0.433 e. The number of aryl methyl sites for hydroxylation is 1. The summed E-state index contributed by atoms with van der Waals surface area (Å²) >= 11 is 4.21. The maximum absolute atomic E-state index is 12.6. The van der Waals surface area contributed by atoms with Crippen LogP contribution >= 0.6 is 27.7 Å². The molecular formula is C15H13BrF3N3OS. The molecule has 9 heteroatoms. The van der Waals surface area contributed by atoms with Gasteiger partial charge in [0, 0.05) is 10.7 Å². The Labute approximate surface area is 149 Å². The highest BCUT2D eigenvalue weighted by Gasteiger charge is 2.33. The van der Waals surface area contributed by atoms with E-state index < -0.39 is 17.1 Å². The quantitative estimate of drug-likeness (QED) is 0.576. The normalized spacial score (nSPS) is 12.8. The first-order valence-electron chi connectivity index (χ1n) is 6.80. The third-order valence-electron chi connectivity index (χ3n) is 2.96. The number of carbonyl (C=O) groups is 1. The molecule has 1 amide bonds. The van der Waals surface area contributed by atoms with Crippen molar-refractivity contribution in [1.29, 1.82) is 0 Å². The molecule has 0 radical (unpaired) electrons. The Morgan fingerprint density at radius 1 is 1.33 bits per heavy atom. The van der Waals surface area contributed by atoms with Gasteiger partial charge < -0.3 is 5.32 Å². The van der Waals surface area contributed by atoms with Gasteiger partial charge in [0.1, 0.15) is 5.69 Å². The smallest absolute Gasteiger partial charge is 0.324 e. The van der Waals surface area contributed by atoms with Crippen LogP contribution in [0.3, 0.4) is 0 Å². The average Bonchev–Trinajstić information content (AvgIpc) is 2.49. The van der Waals surface area contributed by atoms with E-state index in [1.165, 1.54) is 0 Å². The van der Waals surface area contributed by atoms with Gasteiger partial charge in [-0.2, -0.15) is 13.2 Å². The van der Waals surface area contributed by atoms with Crippen molar-refractivity contribution in [2.45, 2.75) is 30.4 Å². The minimum atomic E-state index is -4.55. The van der Waals surface area contributed by atoms with Gasteiger partial charge in [-0.1, -0.05) is 17.8 Å². The van der Waals surface area contributed by atoms with E-state index in [9.17, 15) is 18.0 Å². The van der Waals surface area contributed by atoms with Crippen LogP contribution in [0.25, 0.3) is 0 Å². The monoisotopic (exact) mass is 419 g/mol. The van der Waals surface area contributed by atoms with Gasteiger partial charge in [-0.05, 0) is 53.5 Å². The van der Waals surface area contributed by atoms with E-state index in [0.717, 1.165) is 34.1 Å². The number of amides is 1. The Hall–Kier alpha value is -1.61. The van der Waals surface area contributed by atoms with E-state index >= 15 is 0 Å². The van der Waals surface area contributed by atoms with E-state index in [4.69, 9.17) is 0 Å². The summed E-state index contributed by atoms with van der Waals surface area (Å²) in [4.78, 5) is 19.4. The molecule has 1 N–H and O–H groups in total. The van der Waals surface area contributed by atoms with Gasteiger partial charge in [-0.3, -0.25) is 4.79 Å². The molecule has 128 valence electrons. The summed E-state index contributed by atoms with van der Waals surface area (Å²) in [6.45, 7) is 3.49. The van der Waals surface area contributed by atoms with E-state index in [2.05, 4.69) is 31.2 Å². The van der Waals surface area contributed by atoms with Gasteiger partial charge in [-0.15, -0.1) is 0 Å². The fourth-order valence-electron chi connectivity index (χ4n) is 1.72. The second kappa shape index (κ2) is 7.52. The number of thioether (sulfide) groups is 1. The van der Waals surface area contributed by atoms with Crippen molar-refractivity contribution in [2.24, 2.45) is 0 Å².